The van der Waals surface area contributed by atoms with Gasteiger partial charge in [-0.1, -0.05) is 31.5 Å². The quantitative estimate of drug-likeness (QED) is 0.672. The number of benzene rings is 1. The molecule has 0 N–H and O–H groups in total. The van der Waals surface area contributed by atoms with Crippen LogP contribution in [0, 0.1) is 5.92 Å². The zero-order chi connectivity index (χ0) is 13.7. The number of imidazole rings is 1. The Hall–Kier alpha value is -1.61. The lowest BCUT2D eigenvalue weighted by molar-refractivity contribution is 0.637. The Bertz CT molecular complexity index is 793. The summed E-state index contributed by atoms with van der Waals surface area (Å²) in [7, 11) is 0. The molecule has 3 nitrogen and oxygen atoms in total. The first-order valence-corrected chi connectivity index (χ1v) is 7.67. The van der Waals surface area contributed by atoms with Crippen LogP contribution >= 0.6 is 11.6 Å². The summed E-state index contributed by atoms with van der Waals surface area (Å²) in [5.41, 5.74) is 3.18. The van der Waals surface area contributed by atoms with Gasteiger partial charge in [-0.3, -0.25) is 4.98 Å². The van der Waals surface area contributed by atoms with Crippen LogP contribution in [0.4, 0.5) is 0 Å². The number of hydrogen-bond acceptors (Lipinski definition) is 2. The standard InChI is InChI=1S/C16H16ClN3/c1-2-10-7-14(10)20-15(8-17)19-13-9-18-12-6-4-3-5-11(12)16(13)20/h3-6,9-10,14H,2,7-8H2,1H3. The molecule has 1 fully saturated rings. The Labute approximate surface area is 122 Å². The molecule has 2 heterocycles. The maximum atomic E-state index is 6.11. The minimum absolute atomic E-state index is 0.454. The summed E-state index contributed by atoms with van der Waals surface area (Å²) in [5.74, 6) is 2.19. The van der Waals surface area contributed by atoms with Crippen molar-refractivity contribution in [2.24, 2.45) is 5.92 Å². The van der Waals surface area contributed by atoms with Gasteiger partial charge in [-0.15, -0.1) is 11.6 Å². The van der Waals surface area contributed by atoms with Gasteiger partial charge in [-0.25, -0.2) is 4.98 Å². The van der Waals surface area contributed by atoms with Crippen LogP contribution in [0.15, 0.2) is 30.5 Å². The molecule has 2 unspecified atom stereocenters. The molecule has 0 saturated heterocycles. The van der Waals surface area contributed by atoms with Gasteiger partial charge in [0.1, 0.15) is 11.3 Å². The average molecular weight is 286 g/mol. The number of halogens is 1. The molecule has 4 heteroatoms. The average Bonchev–Trinajstić information content (AvgIpc) is 3.18. The number of para-hydroxylation sites is 1. The van der Waals surface area contributed by atoms with Crippen LogP contribution in [0.5, 0.6) is 0 Å². The molecule has 20 heavy (non-hydrogen) atoms. The van der Waals surface area contributed by atoms with E-state index < -0.39 is 0 Å². The molecule has 2 atom stereocenters. The molecular weight excluding hydrogens is 270 g/mol. The molecule has 4 rings (SSSR count). The first-order valence-electron chi connectivity index (χ1n) is 7.14. The fourth-order valence-electron chi connectivity index (χ4n) is 3.21. The summed E-state index contributed by atoms with van der Waals surface area (Å²) in [4.78, 5) is 9.18. The minimum atomic E-state index is 0.454. The second-order valence-electron chi connectivity index (χ2n) is 5.51. The van der Waals surface area contributed by atoms with E-state index in [9.17, 15) is 0 Å². The second-order valence-corrected chi connectivity index (χ2v) is 5.78. The van der Waals surface area contributed by atoms with E-state index in [1.165, 1.54) is 23.7 Å². The zero-order valence-corrected chi connectivity index (χ0v) is 12.1. The minimum Gasteiger partial charge on any atom is -0.323 e. The second kappa shape index (κ2) is 4.45. The van der Waals surface area contributed by atoms with Crippen LogP contribution in [0.1, 0.15) is 31.6 Å². The van der Waals surface area contributed by atoms with E-state index in [2.05, 4.69) is 39.7 Å². The van der Waals surface area contributed by atoms with Crippen molar-refractivity contribution >= 4 is 33.5 Å². The van der Waals surface area contributed by atoms with Crippen molar-refractivity contribution in [3.63, 3.8) is 0 Å². The fraction of sp³-hybridized carbons (Fsp3) is 0.375. The third kappa shape index (κ3) is 1.66. The molecule has 1 aliphatic carbocycles. The highest BCUT2D eigenvalue weighted by Gasteiger charge is 2.39. The molecule has 0 bridgehead atoms. The van der Waals surface area contributed by atoms with Crippen LogP contribution in [0.3, 0.4) is 0 Å². The van der Waals surface area contributed by atoms with Crippen molar-refractivity contribution in [3.8, 4) is 0 Å². The van der Waals surface area contributed by atoms with Crippen molar-refractivity contribution in [3.05, 3.63) is 36.3 Å². The van der Waals surface area contributed by atoms with Crippen LogP contribution < -0.4 is 0 Å². The maximum absolute atomic E-state index is 6.11. The van der Waals surface area contributed by atoms with E-state index >= 15 is 0 Å². The highest BCUT2D eigenvalue weighted by atomic mass is 35.5. The molecule has 2 aromatic heterocycles. The third-order valence-electron chi connectivity index (χ3n) is 4.36. The highest BCUT2D eigenvalue weighted by molar-refractivity contribution is 6.17. The summed E-state index contributed by atoms with van der Waals surface area (Å²) >= 11 is 6.11. The molecule has 0 radical (unpaired) electrons. The first kappa shape index (κ1) is 12.2. The Balaban J connectivity index is 2.05. The normalized spacial score (nSPS) is 21.7. The lowest BCUT2D eigenvalue weighted by Gasteiger charge is -2.08. The van der Waals surface area contributed by atoms with Crippen LogP contribution in [0.2, 0.25) is 0 Å². The van der Waals surface area contributed by atoms with E-state index in [-0.39, 0.29) is 0 Å². The third-order valence-corrected chi connectivity index (χ3v) is 4.60. The molecule has 0 aliphatic heterocycles. The summed E-state index contributed by atoms with van der Waals surface area (Å²) in [6.07, 6.45) is 4.32. The summed E-state index contributed by atoms with van der Waals surface area (Å²) in [6.45, 7) is 2.25. The number of pyridine rings is 1. The Morgan fingerprint density at radius 2 is 2.15 bits per heavy atom. The molecule has 1 aromatic carbocycles. The van der Waals surface area contributed by atoms with E-state index in [1.807, 2.05) is 12.3 Å². The van der Waals surface area contributed by atoms with Crippen LogP contribution in [0.25, 0.3) is 21.9 Å². The predicted molar refractivity (Wildman–Crippen MR) is 82.0 cm³/mol. The van der Waals surface area contributed by atoms with Crippen molar-refractivity contribution in [2.45, 2.75) is 31.7 Å². The van der Waals surface area contributed by atoms with Gasteiger partial charge in [0, 0.05) is 11.4 Å². The van der Waals surface area contributed by atoms with Crippen LogP contribution in [-0.2, 0) is 5.88 Å². The lowest BCUT2D eigenvalue weighted by atomic mass is 10.2. The zero-order valence-electron chi connectivity index (χ0n) is 11.4. The van der Waals surface area contributed by atoms with Gasteiger partial charge >= 0.3 is 0 Å². The number of alkyl halides is 1. The van der Waals surface area contributed by atoms with Gasteiger partial charge < -0.3 is 4.57 Å². The molecule has 1 aliphatic rings. The van der Waals surface area contributed by atoms with E-state index in [0.717, 1.165) is 22.8 Å². The van der Waals surface area contributed by atoms with Crippen molar-refractivity contribution in [1.29, 1.82) is 0 Å². The Morgan fingerprint density at radius 1 is 1.30 bits per heavy atom. The Kier molecular flexibility index (Phi) is 2.71. The fourth-order valence-corrected chi connectivity index (χ4v) is 3.40. The highest BCUT2D eigenvalue weighted by Crippen LogP contribution is 2.48. The largest absolute Gasteiger partial charge is 0.323 e. The molecule has 3 aromatic rings. The summed E-state index contributed by atoms with van der Waals surface area (Å²) in [6, 6.07) is 8.83. The van der Waals surface area contributed by atoms with Crippen molar-refractivity contribution < 1.29 is 0 Å². The number of rotatable bonds is 3. The maximum Gasteiger partial charge on any atom is 0.125 e. The smallest absolute Gasteiger partial charge is 0.125 e. The van der Waals surface area contributed by atoms with Gasteiger partial charge in [0.05, 0.1) is 23.1 Å². The van der Waals surface area contributed by atoms with Gasteiger partial charge in [0.25, 0.3) is 0 Å². The molecule has 0 amide bonds. The van der Waals surface area contributed by atoms with Crippen LogP contribution in [-0.4, -0.2) is 14.5 Å². The van der Waals surface area contributed by atoms with Gasteiger partial charge in [-0.05, 0) is 18.4 Å². The monoisotopic (exact) mass is 285 g/mol. The first-order chi connectivity index (χ1) is 9.83. The number of fused-ring (bicyclic) bond motifs is 3. The molecule has 1 saturated carbocycles. The molecule has 0 spiro atoms. The number of aromatic nitrogens is 3. The Morgan fingerprint density at radius 3 is 2.90 bits per heavy atom. The SMILES string of the molecule is CCC1CC1n1c(CCl)nc2cnc3ccccc3c21. The van der Waals surface area contributed by atoms with E-state index in [4.69, 9.17) is 11.6 Å². The lowest BCUT2D eigenvalue weighted by Crippen LogP contribution is -2.01. The molecule has 102 valence electrons. The molecular formula is C16H16ClN3. The predicted octanol–water partition coefficient (Wildman–Crippen LogP) is 4.29. The summed E-state index contributed by atoms with van der Waals surface area (Å²) < 4.78 is 2.36. The van der Waals surface area contributed by atoms with E-state index in [1.54, 1.807) is 0 Å². The van der Waals surface area contributed by atoms with Crippen molar-refractivity contribution in [1.82, 2.24) is 14.5 Å². The van der Waals surface area contributed by atoms with Gasteiger partial charge in [-0.2, -0.15) is 0 Å². The van der Waals surface area contributed by atoms with Gasteiger partial charge in [0.2, 0.25) is 0 Å². The van der Waals surface area contributed by atoms with Gasteiger partial charge in [0.15, 0.2) is 0 Å². The van der Waals surface area contributed by atoms with E-state index in [0.29, 0.717) is 11.9 Å². The van der Waals surface area contributed by atoms with Crippen molar-refractivity contribution in [2.75, 3.05) is 0 Å². The number of hydrogen-bond donors (Lipinski definition) is 0. The summed E-state index contributed by atoms with van der Waals surface area (Å²) in [5, 5.41) is 1.18. The topological polar surface area (TPSA) is 30.7 Å². The number of nitrogens with zero attached hydrogens (tertiary/aromatic N) is 3.